The minimum Gasteiger partial charge on any atom is -0.298 e. The molecule has 0 radical (unpaired) electrons. The lowest BCUT2D eigenvalue weighted by atomic mass is 10.1. The van der Waals surface area contributed by atoms with E-state index in [1.807, 2.05) is 56.3 Å². The van der Waals surface area contributed by atoms with Crippen molar-refractivity contribution in [3.8, 4) is 0 Å². The van der Waals surface area contributed by atoms with Crippen LogP contribution in [0.1, 0.15) is 28.4 Å². The number of thiazole rings is 1. The molecule has 2 heterocycles. The van der Waals surface area contributed by atoms with Gasteiger partial charge in [0.2, 0.25) is 0 Å². The first kappa shape index (κ1) is 20.7. The van der Waals surface area contributed by atoms with E-state index in [2.05, 4.69) is 10.3 Å². The van der Waals surface area contributed by atoms with Crippen molar-refractivity contribution in [2.75, 3.05) is 9.62 Å². The van der Waals surface area contributed by atoms with Gasteiger partial charge in [-0.25, -0.2) is 13.4 Å². The lowest BCUT2D eigenvalue weighted by molar-refractivity contribution is 0.102. The summed E-state index contributed by atoms with van der Waals surface area (Å²) in [7, 11) is -3.82. The fourth-order valence-electron chi connectivity index (χ4n) is 4.12. The number of para-hydroxylation sites is 2. The molecule has 1 unspecified atom stereocenters. The van der Waals surface area contributed by atoms with Gasteiger partial charge in [-0.15, -0.1) is 0 Å². The molecule has 1 aliphatic rings. The van der Waals surface area contributed by atoms with Crippen molar-refractivity contribution in [1.29, 1.82) is 0 Å². The third-order valence-electron chi connectivity index (χ3n) is 5.64. The van der Waals surface area contributed by atoms with Gasteiger partial charge in [0.15, 0.2) is 5.13 Å². The zero-order chi connectivity index (χ0) is 22.5. The molecule has 6 nitrogen and oxygen atoms in total. The van der Waals surface area contributed by atoms with Gasteiger partial charge >= 0.3 is 0 Å². The smallest absolute Gasteiger partial charge is 0.264 e. The molecule has 1 atom stereocenters. The highest BCUT2D eigenvalue weighted by Gasteiger charge is 2.36. The molecule has 0 fully saturated rings. The maximum Gasteiger partial charge on any atom is 0.264 e. The lowest BCUT2D eigenvalue weighted by Crippen LogP contribution is -2.35. The van der Waals surface area contributed by atoms with Gasteiger partial charge in [-0.2, -0.15) is 0 Å². The summed E-state index contributed by atoms with van der Waals surface area (Å²) in [4.78, 5) is 17.5. The molecule has 0 aliphatic carbocycles. The summed E-state index contributed by atoms with van der Waals surface area (Å²) in [5.74, 6) is -0.395. The lowest BCUT2D eigenvalue weighted by Gasteiger charge is -2.24. The second kappa shape index (κ2) is 7.72. The van der Waals surface area contributed by atoms with Crippen molar-refractivity contribution in [2.45, 2.75) is 31.2 Å². The fraction of sp³-hybridized carbons (Fsp3) is 0.167. The summed E-state index contributed by atoms with van der Waals surface area (Å²) in [5, 5.41) is 3.29. The number of benzene rings is 3. The van der Waals surface area contributed by atoms with Gasteiger partial charge in [0.05, 0.1) is 20.8 Å². The van der Waals surface area contributed by atoms with E-state index in [0.717, 1.165) is 21.3 Å². The van der Waals surface area contributed by atoms with Crippen molar-refractivity contribution in [1.82, 2.24) is 4.98 Å². The second-order valence-electron chi connectivity index (χ2n) is 7.91. The monoisotopic (exact) mass is 463 g/mol. The molecule has 1 N–H and O–H groups in total. The van der Waals surface area contributed by atoms with Gasteiger partial charge in [-0.3, -0.25) is 14.4 Å². The Morgan fingerprint density at radius 1 is 1.09 bits per heavy atom. The number of nitrogens with zero attached hydrogens (tertiary/aromatic N) is 2. The molecular weight excluding hydrogens is 442 g/mol. The molecule has 3 aromatic carbocycles. The van der Waals surface area contributed by atoms with Crippen LogP contribution in [0.3, 0.4) is 0 Å². The quantitative estimate of drug-likeness (QED) is 0.462. The molecule has 32 heavy (non-hydrogen) atoms. The van der Waals surface area contributed by atoms with E-state index in [0.29, 0.717) is 17.2 Å². The first-order valence-corrected chi connectivity index (χ1v) is 12.5. The van der Waals surface area contributed by atoms with Crippen LogP contribution in [0.4, 0.5) is 10.8 Å². The van der Waals surface area contributed by atoms with E-state index in [4.69, 9.17) is 0 Å². The number of aromatic nitrogens is 1. The molecule has 1 amide bonds. The topological polar surface area (TPSA) is 79.4 Å². The zero-order valence-electron chi connectivity index (χ0n) is 17.6. The van der Waals surface area contributed by atoms with Crippen LogP contribution in [0.15, 0.2) is 71.6 Å². The van der Waals surface area contributed by atoms with Crippen LogP contribution in [-0.2, 0) is 16.4 Å². The number of amides is 1. The minimum absolute atomic E-state index is 0.0915. The summed E-state index contributed by atoms with van der Waals surface area (Å²) in [6, 6.07) is 19.4. The maximum absolute atomic E-state index is 13.5. The summed E-state index contributed by atoms with van der Waals surface area (Å²) in [5.41, 5.74) is 3.85. The first-order valence-electron chi connectivity index (χ1n) is 10.2. The number of fused-ring (bicyclic) bond motifs is 2. The fourth-order valence-corrected chi connectivity index (χ4v) is 6.80. The van der Waals surface area contributed by atoms with Crippen LogP contribution in [0.5, 0.6) is 0 Å². The Balaban J connectivity index is 1.45. The Morgan fingerprint density at radius 2 is 1.88 bits per heavy atom. The molecule has 1 aliphatic heterocycles. The second-order valence-corrected chi connectivity index (χ2v) is 10.8. The highest BCUT2D eigenvalue weighted by Crippen LogP contribution is 2.36. The number of hydrogen-bond donors (Lipinski definition) is 1. The van der Waals surface area contributed by atoms with E-state index in [1.165, 1.54) is 27.8 Å². The molecule has 5 rings (SSSR count). The average molecular weight is 464 g/mol. The Hall–Kier alpha value is -3.23. The molecular formula is C24H21N3O3S2. The van der Waals surface area contributed by atoms with Crippen molar-refractivity contribution in [3.05, 3.63) is 83.4 Å². The normalized spacial score (nSPS) is 15.7. The van der Waals surface area contributed by atoms with Crippen LogP contribution < -0.4 is 9.62 Å². The number of rotatable bonds is 4. The Labute approximate surface area is 190 Å². The van der Waals surface area contributed by atoms with E-state index in [1.54, 1.807) is 12.1 Å². The third-order valence-corrected chi connectivity index (χ3v) is 8.50. The largest absolute Gasteiger partial charge is 0.298 e. The molecule has 0 bridgehead atoms. The van der Waals surface area contributed by atoms with Crippen LogP contribution in [-0.4, -0.2) is 25.4 Å². The minimum atomic E-state index is -3.82. The molecule has 0 spiro atoms. The summed E-state index contributed by atoms with van der Waals surface area (Å²) in [6.45, 7) is 3.86. The van der Waals surface area contributed by atoms with E-state index in [-0.39, 0.29) is 16.5 Å². The number of sulfonamides is 1. The van der Waals surface area contributed by atoms with Gasteiger partial charge in [0.25, 0.3) is 15.9 Å². The SMILES string of the molecule is Cc1cccc2sc(NC(=O)c3cccc(S(=O)(=O)N4c5ccccc5CC4C)c3)nc12. The van der Waals surface area contributed by atoms with Crippen LogP contribution >= 0.6 is 11.3 Å². The van der Waals surface area contributed by atoms with Crippen LogP contribution in [0.2, 0.25) is 0 Å². The van der Waals surface area contributed by atoms with Gasteiger partial charge in [0, 0.05) is 11.6 Å². The molecule has 0 saturated heterocycles. The number of anilines is 2. The summed E-state index contributed by atoms with van der Waals surface area (Å²) >= 11 is 1.39. The predicted octanol–water partition coefficient (Wildman–Crippen LogP) is 5.00. The zero-order valence-corrected chi connectivity index (χ0v) is 19.2. The van der Waals surface area contributed by atoms with Gasteiger partial charge < -0.3 is 0 Å². The Bertz CT molecular complexity index is 1460. The van der Waals surface area contributed by atoms with Crippen LogP contribution in [0, 0.1) is 6.92 Å². The first-order chi connectivity index (χ1) is 15.3. The number of aryl methyl sites for hydroxylation is 1. The molecule has 4 aromatic rings. The highest BCUT2D eigenvalue weighted by atomic mass is 32.2. The van der Waals surface area contributed by atoms with E-state index < -0.39 is 15.9 Å². The summed E-state index contributed by atoms with van der Waals surface area (Å²) in [6.07, 6.45) is 0.659. The Kier molecular flexibility index (Phi) is 4.98. The van der Waals surface area contributed by atoms with Crippen molar-refractivity contribution in [2.24, 2.45) is 0 Å². The van der Waals surface area contributed by atoms with Crippen molar-refractivity contribution in [3.63, 3.8) is 0 Å². The highest BCUT2D eigenvalue weighted by molar-refractivity contribution is 7.92. The number of carbonyl (C=O) groups is 1. The van der Waals surface area contributed by atoms with Crippen molar-refractivity contribution >= 4 is 48.3 Å². The molecule has 8 heteroatoms. The number of hydrogen-bond acceptors (Lipinski definition) is 5. The Morgan fingerprint density at radius 3 is 2.69 bits per heavy atom. The van der Waals surface area contributed by atoms with Gasteiger partial charge in [-0.05, 0) is 61.7 Å². The van der Waals surface area contributed by atoms with Crippen LogP contribution in [0.25, 0.3) is 10.2 Å². The average Bonchev–Trinajstić information content (AvgIpc) is 3.34. The van der Waals surface area contributed by atoms with E-state index >= 15 is 0 Å². The maximum atomic E-state index is 13.5. The van der Waals surface area contributed by atoms with E-state index in [9.17, 15) is 13.2 Å². The van der Waals surface area contributed by atoms with Gasteiger partial charge in [0.1, 0.15) is 0 Å². The number of carbonyl (C=O) groups excluding carboxylic acids is 1. The molecule has 0 saturated carbocycles. The van der Waals surface area contributed by atoms with Crippen molar-refractivity contribution < 1.29 is 13.2 Å². The molecule has 1 aromatic heterocycles. The van der Waals surface area contributed by atoms with Gasteiger partial charge in [-0.1, -0.05) is 47.7 Å². The standard InChI is InChI=1S/C24H21N3O3S2/c1-15-7-5-12-21-22(15)25-24(31-21)26-23(28)18-9-6-10-19(14-18)32(29,30)27-16(2)13-17-8-3-4-11-20(17)27/h3-12,14,16H,13H2,1-2H3,(H,25,26,28). The molecule has 162 valence electrons. The number of nitrogens with one attached hydrogen (secondary N) is 1. The summed E-state index contributed by atoms with van der Waals surface area (Å²) < 4.78 is 29.4. The third kappa shape index (κ3) is 3.45. The predicted molar refractivity (Wildman–Crippen MR) is 128 cm³/mol.